The van der Waals surface area contributed by atoms with E-state index in [1.54, 1.807) is 0 Å². The van der Waals surface area contributed by atoms with Gasteiger partial charge in [-0.15, -0.1) is 0 Å². The fourth-order valence-corrected chi connectivity index (χ4v) is 3.18. The third-order valence-electron chi connectivity index (χ3n) is 3.29. The van der Waals surface area contributed by atoms with Gasteiger partial charge in [-0.2, -0.15) is 0 Å². The maximum absolute atomic E-state index is 12.4. The highest BCUT2D eigenvalue weighted by Gasteiger charge is 2.42. The van der Waals surface area contributed by atoms with Crippen LogP contribution in [-0.2, 0) is 14.0 Å². The van der Waals surface area contributed by atoms with Gasteiger partial charge in [-0.25, -0.2) is 0 Å². The molecule has 2 rings (SSSR count). The fraction of sp³-hybridized carbons (Fsp3) is 0.500. The summed E-state index contributed by atoms with van der Waals surface area (Å²) in [5, 5.41) is 0. The lowest BCUT2D eigenvalue weighted by molar-refractivity contribution is -0.128. The van der Waals surface area contributed by atoms with Crippen LogP contribution in [0.1, 0.15) is 18.9 Å². The van der Waals surface area contributed by atoms with Gasteiger partial charge in [-0.05, 0) is 5.56 Å². The lowest BCUT2D eigenvalue weighted by Crippen LogP contribution is -2.52. The van der Waals surface area contributed by atoms with Gasteiger partial charge in [0, 0.05) is 19.5 Å². The molecule has 0 bridgehead atoms. The minimum atomic E-state index is -0.702. The van der Waals surface area contributed by atoms with Crippen LogP contribution >= 0.6 is 15.9 Å². The third-order valence-corrected chi connectivity index (χ3v) is 4.70. The van der Waals surface area contributed by atoms with Crippen molar-refractivity contribution < 1.29 is 9.53 Å². The highest BCUT2D eigenvalue weighted by molar-refractivity contribution is 9.10. The summed E-state index contributed by atoms with van der Waals surface area (Å²) in [5.41, 5.74) is 0.999. The number of hydrogen-bond donors (Lipinski definition) is 0. The minimum Gasteiger partial charge on any atom is -0.379 e. The fourth-order valence-electron chi connectivity index (χ4n) is 2.28. The second-order valence-corrected chi connectivity index (χ2v) is 5.51. The second kappa shape index (κ2) is 5.95. The first kappa shape index (κ1) is 13.7. The molecular formula is C14H18BrNO2. The number of benzene rings is 1. The van der Waals surface area contributed by atoms with Crippen LogP contribution in [0, 0.1) is 0 Å². The Bertz CT molecular complexity index is 404. The van der Waals surface area contributed by atoms with Crippen molar-refractivity contribution in [1.82, 2.24) is 4.90 Å². The maximum Gasteiger partial charge on any atom is 0.168 e. The van der Waals surface area contributed by atoms with E-state index >= 15 is 0 Å². The number of ether oxygens (including phenoxy) is 1. The molecule has 0 N–H and O–H groups in total. The van der Waals surface area contributed by atoms with Gasteiger partial charge in [-0.3, -0.25) is 9.69 Å². The maximum atomic E-state index is 12.4. The monoisotopic (exact) mass is 311 g/mol. The van der Waals surface area contributed by atoms with Crippen molar-refractivity contribution in [2.24, 2.45) is 0 Å². The average molecular weight is 312 g/mol. The summed E-state index contributed by atoms with van der Waals surface area (Å²) in [5.74, 6) is 0.190. The highest BCUT2D eigenvalue weighted by Crippen LogP contribution is 2.37. The molecule has 1 aromatic carbocycles. The van der Waals surface area contributed by atoms with Crippen molar-refractivity contribution in [1.29, 1.82) is 0 Å². The van der Waals surface area contributed by atoms with E-state index in [2.05, 4.69) is 20.8 Å². The first-order valence-corrected chi connectivity index (χ1v) is 7.09. The van der Waals surface area contributed by atoms with E-state index in [1.165, 1.54) is 0 Å². The van der Waals surface area contributed by atoms with E-state index in [1.807, 2.05) is 37.3 Å². The number of hydrogen-bond acceptors (Lipinski definition) is 3. The molecule has 1 aliphatic heterocycles. The van der Waals surface area contributed by atoms with Crippen molar-refractivity contribution in [3.8, 4) is 0 Å². The van der Waals surface area contributed by atoms with Crippen molar-refractivity contribution in [3.05, 3.63) is 35.9 Å². The van der Waals surface area contributed by atoms with Gasteiger partial charge in [0.15, 0.2) is 10.2 Å². The van der Waals surface area contributed by atoms with Crippen LogP contribution in [-0.4, -0.2) is 37.0 Å². The molecule has 1 fully saturated rings. The molecule has 1 unspecified atom stereocenters. The van der Waals surface area contributed by atoms with Crippen molar-refractivity contribution in [2.75, 3.05) is 26.3 Å². The molecule has 0 radical (unpaired) electrons. The van der Waals surface area contributed by atoms with E-state index in [-0.39, 0.29) is 5.78 Å². The number of halogens is 1. The molecule has 0 aliphatic carbocycles. The first-order valence-electron chi connectivity index (χ1n) is 6.30. The lowest BCUT2D eigenvalue weighted by Gasteiger charge is -2.40. The third kappa shape index (κ3) is 2.51. The second-order valence-electron chi connectivity index (χ2n) is 4.36. The summed E-state index contributed by atoms with van der Waals surface area (Å²) in [7, 11) is 0. The Kier molecular flexibility index (Phi) is 4.54. The quantitative estimate of drug-likeness (QED) is 0.632. The Morgan fingerprint density at radius 3 is 2.50 bits per heavy atom. The molecule has 0 saturated carbocycles. The molecule has 1 aliphatic rings. The summed E-state index contributed by atoms with van der Waals surface area (Å²) in [6.45, 7) is 4.80. The summed E-state index contributed by atoms with van der Waals surface area (Å²) in [6, 6.07) is 9.89. The smallest absolute Gasteiger partial charge is 0.168 e. The molecule has 3 nitrogen and oxygen atoms in total. The highest BCUT2D eigenvalue weighted by atomic mass is 79.9. The summed E-state index contributed by atoms with van der Waals surface area (Å²) in [4.78, 5) is 14.6. The Morgan fingerprint density at radius 2 is 1.94 bits per heavy atom. The molecule has 18 heavy (non-hydrogen) atoms. The number of morpholine rings is 1. The zero-order valence-corrected chi connectivity index (χ0v) is 12.1. The van der Waals surface area contributed by atoms with Gasteiger partial charge in [-0.1, -0.05) is 53.2 Å². The van der Waals surface area contributed by atoms with Gasteiger partial charge < -0.3 is 4.74 Å². The number of rotatable bonds is 4. The van der Waals surface area contributed by atoms with Crippen LogP contribution in [0.2, 0.25) is 0 Å². The molecule has 98 valence electrons. The Labute approximate surface area is 116 Å². The Morgan fingerprint density at radius 1 is 1.33 bits per heavy atom. The number of carbonyl (C=O) groups is 1. The zero-order chi connectivity index (χ0) is 13.0. The standard InChI is InChI=1S/C14H18BrNO2/c1-2-13(17)14(15,12-6-4-3-5-7-12)16-8-10-18-11-9-16/h3-7H,2,8-11H2,1H3. The minimum absolute atomic E-state index is 0.190. The summed E-state index contributed by atoms with van der Waals surface area (Å²) in [6.07, 6.45) is 0.511. The average Bonchev–Trinajstić information content (AvgIpc) is 2.47. The number of nitrogens with zero attached hydrogens (tertiary/aromatic N) is 1. The predicted octanol–water partition coefficient (Wildman–Crippen LogP) is 2.55. The predicted molar refractivity (Wildman–Crippen MR) is 74.7 cm³/mol. The number of Topliss-reactive ketones (excluding diaryl/α,β-unsaturated/α-hetero) is 1. The van der Waals surface area contributed by atoms with Crippen molar-refractivity contribution >= 4 is 21.7 Å². The van der Waals surface area contributed by atoms with Crippen LogP contribution in [0.15, 0.2) is 30.3 Å². The van der Waals surface area contributed by atoms with Crippen LogP contribution in [0.4, 0.5) is 0 Å². The van der Waals surface area contributed by atoms with Crippen molar-refractivity contribution in [2.45, 2.75) is 17.8 Å². The van der Waals surface area contributed by atoms with E-state index in [0.717, 1.165) is 18.7 Å². The Hall–Kier alpha value is -0.710. The van der Waals surface area contributed by atoms with Crippen molar-refractivity contribution in [3.63, 3.8) is 0 Å². The van der Waals surface area contributed by atoms with E-state index in [4.69, 9.17) is 4.74 Å². The van der Waals surface area contributed by atoms with E-state index in [9.17, 15) is 4.79 Å². The van der Waals surface area contributed by atoms with Crippen LogP contribution in [0.3, 0.4) is 0 Å². The SMILES string of the molecule is CCC(=O)C(Br)(c1ccccc1)N1CCOCC1. The molecule has 0 spiro atoms. The molecular weight excluding hydrogens is 294 g/mol. The van der Waals surface area contributed by atoms with Crippen LogP contribution in [0.5, 0.6) is 0 Å². The Balaban J connectivity index is 2.36. The molecule has 1 heterocycles. The largest absolute Gasteiger partial charge is 0.379 e. The number of alkyl halides is 1. The van der Waals surface area contributed by atoms with Gasteiger partial charge in [0.25, 0.3) is 0 Å². The van der Waals surface area contributed by atoms with Gasteiger partial charge in [0.1, 0.15) is 0 Å². The van der Waals surface area contributed by atoms with Gasteiger partial charge >= 0.3 is 0 Å². The number of ketones is 1. The zero-order valence-electron chi connectivity index (χ0n) is 10.6. The van der Waals surface area contributed by atoms with Crippen LogP contribution < -0.4 is 0 Å². The van der Waals surface area contributed by atoms with Gasteiger partial charge in [0.2, 0.25) is 0 Å². The lowest BCUT2D eigenvalue weighted by atomic mass is 9.98. The normalized spacial score (nSPS) is 20.3. The van der Waals surface area contributed by atoms with E-state index < -0.39 is 4.45 Å². The molecule has 1 aromatic rings. The first-order chi connectivity index (χ1) is 8.69. The number of carbonyl (C=O) groups excluding carboxylic acids is 1. The molecule has 0 aromatic heterocycles. The van der Waals surface area contributed by atoms with E-state index in [0.29, 0.717) is 19.6 Å². The summed E-state index contributed by atoms with van der Waals surface area (Å²) < 4.78 is 4.67. The van der Waals surface area contributed by atoms with Crippen LogP contribution in [0.25, 0.3) is 0 Å². The molecule has 0 amide bonds. The molecule has 1 saturated heterocycles. The summed E-state index contributed by atoms with van der Waals surface area (Å²) >= 11 is 3.70. The molecule has 4 heteroatoms. The topological polar surface area (TPSA) is 29.5 Å². The molecule has 1 atom stereocenters. The van der Waals surface area contributed by atoms with Gasteiger partial charge in [0.05, 0.1) is 13.2 Å².